The highest BCUT2D eigenvalue weighted by atomic mass is 16.5. The smallest absolute Gasteiger partial charge is 0.409 e. The predicted molar refractivity (Wildman–Crippen MR) is 47.4 cm³/mol. The molecule has 0 aromatic heterocycles. The Bertz CT molecular complexity index is 215. The molecule has 4 heteroatoms. The van der Waals surface area contributed by atoms with Crippen molar-refractivity contribution in [3.8, 4) is 0 Å². The maximum atomic E-state index is 11.2. The van der Waals surface area contributed by atoms with Crippen LogP contribution in [0.25, 0.3) is 0 Å². The van der Waals surface area contributed by atoms with Crippen LogP contribution in [-0.2, 0) is 9.53 Å². The second-order valence-corrected chi connectivity index (χ2v) is 3.19. The fourth-order valence-electron chi connectivity index (χ4n) is 1.71. The van der Waals surface area contributed by atoms with Gasteiger partial charge < -0.3 is 9.64 Å². The molecule has 0 spiro atoms. The summed E-state index contributed by atoms with van der Waals surface area (Å²) in [5, 5.41) is 0. The largest absolute Gasteiger partial charge is 0.453 e. The lowest BCUT2D eigenvalue weighted by molar-refractivity contribution is -0.117. The summed E-state index contributed by atoms with van der Waals surface area (Å²) in [5.41, 5.74) is 0. The van der Waals surface area contributed by atoms with Crippen molar-refractivity contribution in [2.24, 2.45) is 0 Å². The number of hydrogen-bond donors (Lipinski definition) is 0. The quantitative estimate of drug-likeness (QED) is 0.649. The third-order valence-electron chi connectivity index (χ3n) is 2.41. The molecule has 0 unspecified atom stereocenters. The number of ketones is 1. The van der Waals surface area contributed by atoms with Crippen molar-refractivity contribution in [3.63, 3.8) is 0 Å². The number of rotatable bonds is 2. The minimum absolute atomic E-state index is 0.0601. The SMILES string of the molecule is CCN(C(=O)OC)[C@H]1CCC(=O)C1. The molecule has 0 saturated heterocycles. The monoisotopic (exact) mass is 185 g/mol. The van der Waals surface area contributed by atoms with E-state index < -0.39 is 0 Å². The van der Waals surface area contributed by atoms with Crippen LogP contribution in [-0.4, -0.2) is 36.5 Å². The Morgan fingerprint density at radius 1 is 1.69 bits per heavy atom. The fraction of sp³-hybridized carbons (Fsp3) is 0.778. The number of amides is 1. The highest BCUT2D eigenvalue weighted by Gasteiger charge is 2.30. The molecule has 1 fully saturated rings. The molecule has 74 valence electrons. The Morgan fingerprint density at radius 2 is 2.38 bits per heavy atom. The Balaban J connectivity index is 2.56. The molecule has 1 aliphatic carbocycles. The van der Waals surface area contributed by atoms with Gasteiger partial charge in [0.1, 0.15) is 5.78 Å². The van der Waals surface area contributed by atoms with Crippen LogP contribution in [0.1, 0.15) is 26.2 Å². The first-order valence-electron chi connectivity index (χ1n) is 4.55. The van der Waals surface area contributed by atoms with Gasteiger partial charge in [-0.2, -0.15) is 0 Å². The van der Waals surface area contributed by atoms with Crippen LogP contribution in [0.3, 0.4) is 0 Å². The Labute approximate surface area is 77.8 Å². The van der Waals surface area contributed by atoms with Gasteiger partial charge in [0.2, 0.25) is 0 Å². The van der Waals surface area contributed by atoms with Gasteiger partial charge in [-0.25, -0.2) is 4.79 Å². The summed E-state index contributed by atoms with van der Waals surface area (Å²) >= 11 is 0. The molecule has 0 aromatic carbocycles. The standard InChI is InChI=1S/C9H15NO3/c1-3-10(9(12)13-2)7-4-5-8(11)6-7/h7H,3-6H2,1-2H3/t7-/m0/s1. The molecular weight excluding hydrogens is 170 g/mol. The van der Waals surface area contributed by atoms with Gasteiger partial charge in [0, 0.05) is 25.4 Å². The van der Waals surface area contributed by atoms with E-state index in [9.17, 15) is 9.59 Å². The van der Waals surface area contributed by atoms with E-state index in [0.29, 0.717) is 19.4 Å². The van der Waals surface area contributed by atoms with Gasteiger partial charge in [0.05, 0.1) is 7.11 Å². The van der Waals surface area contributed by atoms with Gasteiger partial charge in [-0.05, 0) is 13.3 Å². The molecule has 0 heterocycles. The molecule has 1 rings (SSSR count). The maximum absolute atomic E-state index is 11.2. The first-order chi connectivity index (χ1) is 6.19. The van der Waals surface area contributed by atoms with E-state index in [2.05, 4.69) is 4.74 Å². The second-order valence-electron chi connectivity index (χ2n) is 3.19. The summed E-state index contributed by atoms with van der Waals surface area (Å²) in [6.45, 7) is 2.49. The van der Waals surface area contributed by atoms with Crippen molar-refractivity contribution < 1.29 is 14.3 Å². The van der Waals surface area contributed by atoms with E-state index in [1.165, 1.54) is 7.11 Å². The first-order valence-corrected chi connectivity index (χ1v) is 4.55. The van der Waals surface area contributed by atoms with Crippen molar-refractivity contribution in [2.75, 3.05) is 13.7 Å². The van der Waals surface area contributed by atoms with Gasteiger partial charge in [-0.1, -0.05) is 0 Å². The lowest BCUT2D eigenvalue weighted by Gasteiger charge is -2.25. The van der Waals surface area contributed by atoms with Gasteiger partial charge in [0.15, 0.2) is 0 Å². The van der Waals surface area contributed by atoms with Crippen molar-refractivity contribution in [2.45, 2.75) is 32.2 Å². The molecule has 1 aliphatic rings. The van der Waals surface area contributed by atoms with E-state index in [1.807, 2.05) is 6.92 Å². The number of Topliss-reactive ketones (excluding diaryl/α,β-unsaturated/α-hetero) is 1. The molecule has 1 atom stereocenters. The zero-order chi connectivity index (χ0) is 9.84. The molecule has 0 bridgehead atoms. The number of ether oxygens (including phenoxy) is 1. The number of hydrogen-bond acceptors (Lipinski definition) is 3. The van der Waals surface area contributed by atoms with E-state index in [4.69, 9.17) is 0 Å². The maximum Gasteiger partial charge on any atom is 0.409 e. The molecule has 0 N–H and O–H groups in total. The van der Waals surface area contributed by atoms with Gasteiger partial charge in [-0.3, -0.25) is 4.79 Å². The average molecular weight is 185 g/mol. The summed E-state index contributed by atoms with van der Waals surface area (Å²) in [6, 6.07) is 0.0601. The minimum Gasteiger partial charge on any atom is -0.453 e. The number of carbonyl (C=O) groups excluding carboxylic acids is 2. The Morgan fingerprint density at radius 3 is 2.77 bits per heavy atom. The van der Waals surface area contributed by atoms with Crippen LogP contribution >= 0.6 is 0 Å². The average Bonchev–Trinajstić information content (AvgIpc) is 2.53. The van der Waals surface area contributed by atoms with Crippen molar-refractivity contribution in [1.29, 1.82) is 0 Å². The molecule has 4 nitrogen and oxygen atoms in total. The fourth-order valence-corrected chi connectivity index (χ4v) is 1.71. The summed E-state index contributed by atoms with van der Waals surface area (Å²) in [7, 11) is 1.36. The zero-order valence-electron chi connectivity index (χ0n) is 8.08. The highest BCUT2D eigenvalue weighted by Crippen LogP contribution is 2.20. The molecular formula is C9H15NO3. The van der Waals surface area contributed by atoms with Crippen LogP contribution in [0.15, 0.2) is 0 Å². The van der Waals surface area contributed by atoms with E-state index in [0.717, 1.165) is 6.42 Å². The number of methoxy groups -OCH3 is 1. The van der Waals surface area contributed by atoms with Gasteiger partial charge in [-0.15, -0.1) is 0 Å². The number of nitrogens with zero attached hydrogens (tertiary/aromatic N) is 1. The Kier molecular flexibility index (Phi) is 3.28. The summed E-state index contributed by atoms with van der Waals surface area (Å²) in [4.78, 5) is 23.9. The molecule has 0 aliphatic heterocycles. The van der Waals surface area contributed by atoms with Crippen molar-refractivity contribution >= 4 is 11.9 Å². The molecule has 0 aromatic rings. The van der Waals surface area contributed by atoms with Crippen molar-refractivity contribution in [1.82, 2.24) is 4.90 Å². The third kappa shape index (κ3) is 2.20. The third-order valence-corrected chi connectivity index (χ3v) is 2.41. The summed E-state index contributed by atoms with van der Waals surface area (Å²) in [6.07, 6.45) is 1.53. The summed E-state index contributed by atoms with van der Waals surface area (Å²) < 4.78 is 4.63. The van der Waals surface area contributed by atoms with Crippen LogP contribution < -0.4 is 0 Å². The van der Waals surface area contributed by atoms with Gasteiger partial charge >= 0.3 is 6.09 Å². The summed E-state index contributed by atoms with van der Waals surface area (Å²) in [5.74, 6) is 0.243. The van der Waals surface area contributed by atoms with Crippen LogP contribution in [0.2, 0.25) is 0 Å². The predicted octanol–water partition coefficient (Wildman–Crippen LogP) is 1.20. The normalized spacial score (nSPS) is 21.7. The zero-order valence-corrected chi connectivity index (χ0v) is 8.08. The van der Waals surface area contributed by atoms with Crippen molar-refractivity contribution in [3.05, 3.63) is 0 Å². The van der Waals surface area contributed by atoms with Gasteiger partial charge in [0.25, 0.3) is 0 Å². The lowest BCUT2D eigenvalue weighted by Crippen LogP contribution is -2.38. The van der Waals surface area contributed by atoms with E-state index in [1.54, 1.807) is 4.90 Å². The first kappa shape index (κ1) is 10.0. The topological polar surface area (TPSA) is 46.6 Å². The molecule has 1 amide bonds. The van der Waals surface area contributed by atoms with Crippen LogP contribution in [0.5, 0.6) is 0 Å². The van der Waals surface area contributed by atoms with E-state index >= 15 is 0 Å². The Hall–Kier alpha value is -1.06. The van der Waals surface area contributed by atoms with E-state index in [-0.39, 0.29) is 17.9 Å². The molecule has 0 radical (unpaired) electrons. The molecule has 1 saturated carbocycles. The minimum atomic E-state index is -0.331. The second kappa shape index (κ2) is 4.25. The highest BCUT2D eigenvalue weighted by molar-refractivity contribution is 5.82. The van der Waals surface area contributed by atoms with Crippen LogP contribution in [0.4, 0.5) is 4.79 Å². The lowest BCUT2D eigenvalue weighted by atomic mass is 10.2. The van der Waals surface area contributed by atoms with Crippen LogP contribution in [0, 0.1) is 0 Å². The number of carbonyl (C=O) groups is 2. The molecule has 13 heavy (non-hydrogen) atoms.